The normalized spacial score (nSPS) is 27.4. The van der Waals surface area contributed by atoms with Gasteiger partial charge in [0.25, 0.3) is 0 Å². The van der Waals surface area contributed by atoms with Crippen molar-refractivity contribution in [1.82, 2.24) is 20.4 Å². The minimum absolute atomic E-state index is 0.0465. The van der Waals surface area contributed by atoms with Crippen LogP contribution in [0.4, 0.5) is 4.39 Å². The largest absolute Gasteiger partial charge is 0.351 e. The molecule has 8 heteroatoms. The number of halogens is 1. The Bertz CT molecular complexity index is 1120. The number of hydrogen-bond donors (Lipinski definition) is 2. The molecule has 4 atom stereocenters. The summed E-state index contributed by atoms with van der Waals surface area (Å²) in [5.74, 6) is 0.394. The molecule has 6 rings (SSSR count). The molecule has 3 saturated heterocycles. The Morgan fingerprint density at radius 1 is 1.00 bits per heavy atom. The van der Waals surface area contributed by atoms with Crippen molar-refractivity contribution in [3.63, 3.8) is 0 Å². The fraction of sp³-hybridized carbons (Fsp3) is 0.735. The van der Waals surface area contributed by atoms with Crippen LogP contribution in [0, 0.1) is 29.0 Å². The van der Waals surface area contributed by atoms with E-state index in [0.717, 1.165) is 57.1 Å². The maximum Gasteiger partial charge on any atom is 0.245 e. The first kappa shape index (κ1) is 31.0. The highest BCUT2D eigenvalue weighted by Gasteiger charge is 2.49. The van der Waals surface area contributed by atoms with Crippen LogP contribution in [0.25, 0.3) is 0 Å². The van der Waals surface area contributed by atoms with Crippen molar-refractivity contribution in [3.8, 4) is 0 Å². The summed E-state index contributed by atoms with van der Waals surface area (Å²) in [4.78, 5) is 45.8. The molecule has 42 heavy (non-hydrogen) atoms. The summed E-state index contributed by atoms with van der Waals surface area (Å²) < 4.78 is 13.7. The Balaban J connectivity index is 1.32. The quantitative estimate of drug-likeness (QED) is 0.489. The molecule has 232 valence electrons. The smallest absolute Gasteiger partial charge is 0.245 e. The Kier molecular flexibility index (Phi) is 9.31. The van der Waals surface area contributed by atoms with E-state index in [1.54, 1.807) is 12.1 Å². The van der Waals surface area contributed by atoms with Crippen molar-refractivity contribution < 1.29 is 18.8 Å². The van der Waals surface area contributed by atoms with E-state index < -0.39 is 11.5 Å². The van der Waals surface area contributed by atoms with Crippen LogP contribution in [0.1, 0.15) is 90.5 Å². The molecular formula is C34H51FN4O3. The molecule has 2 bridgehead atoms. The van der Waals surface area contributed by atoms with Gasteiger partial charge in [-0.1, -0.05) is 31.4 Å². The van der Waals surface area contributed by atoms with Crippen molar-refractivity contribution in [2.24, 2.45) is 23.2 Å². The molecule has 0 unspecified atom stereocenters. The molecule has 7 nitrogen and oxygen atoms in total. The van der Waals surface area contributed by atoms with E-state index >= 15 is 0 Å². The number of hydrogen-bond acceptors (Lipinski definition) is 4. The Labute approximate surface area is 251 Å². The predicted molar refractivity (Wildman–Crippen MR) is 162 cm³/mol. The average molecular weight is 583 g/mol. The lowest BCUT2D eigenvalue weighted by molar-refractivity contribution is -0.148. The van der Waals surface area contributed by atoms with Gasteiger partial charge in [0.1, 0.15) is 11.9 Å². The minimum atomic E-state index is -0.723. The number of carbonyl (C=O) groups excluding carboxylic acids is 3. The maximum absolute atomic E-state index is 14.1. The monoisotopic (exact) mass is 582 g/mol. The third-order valence-electron chi connectivity index (χ3n) is 10.6. The molecule has 0 spiro atoms. The second-order valence-corrected chi connectivity index (χ2v) is 14.7. The van der Waals surface area contributed by atoms with Gasteiger partial charge in [0, 0.05) is 37.6 Å². The van der Waals surface area contributed by atoms with Crippen molar-refractivity contribution >= 4 is 17.7 Å². The third kappa shape index (κ3) is 6.84. The lowest BCUT2D eigenvalue weighted by Crippen LogP contribution is -2.60. The number of benzene rings is 1. The van der Waals surface area contributed by atoms with Crippen molar-refractivity contribution in [2.45, 2.75) is 109 Å². The van der Waals surface area contributed by atoms with Crippen molar-refractivity contribution in [2.75, 3.05) is 26.7 Å². The zero-order valence-corrected chi connectivity index (χ0v) is 26.1. The first-order valence-electron chi connectivity index (χ1n) is 16.3. The van der Waals surface area contributed by atoms with Gasteiger partial charge in [-0.15, -0.1) is 0 Å². The minimum Gasteiger partial charge on any atom is -0.351 e. The fourth-order valence-corrected chi connectivity index (χ4v) is 8.38. The Morgan fingerprint density at radius 3 is 2.26 bits per heavy atom. The molecule has 2 saturated carbocycles. The summed E-state index contributed by atoms with van der Waals surface area (Å²) in [5.41, 5.74) is 0.0325. The summed E-state index contributed by atoms with van der Waals surface area (Å²) in [7, 11) is 2.10. The van der Waals surface area contributed by atoms with Gasteiger partial charge in [0.05, 0.1) is 11.3 Å². The van der Waals surface area contributed by atoms with Crippen molar-refractivity contribution in [1.29, 1.82) is 0 Å². The SMILES string of the molecule is CN1C[C@H]2CC[C@H]1[C@H](C(=O)N[C@H](Cc1ccc(F)cc1)C(=O)N1CCC(C(=O)NC(C)(C)C)(C3CCCCC3)CC1)C2. The average Bonchev–Trinajstić information content (AvgIpc) is 2.97. The van der Waals surface area contributed by atoms with Crippen LogP contribution >= 0.6 is 0 Å². The van der Waals surface area contributed by atoms with Crippen molar-refractivity contribution in [3.05, 3.63) is 35.6 Å². The van der Waals surface area contributed by atoms with Gasteiger partial charge >= 0.3 is 0 Å². The van der Waals surface area contributed by atoms with Crippen LogP contribution in [0.2, 0.25) is 0 Å². The molecule has 0 radical (unpaired) electrons. The van der Waals surface area contributed by atoms with E-state index in [0.29, 0.717) is 44.2 Å². The molecule has 1 aromatic carbocycles. The molecule has 2 N–H and O–H groups in total. The van der Waals surface area contributed by atoms with E-state index in [1.165, 1.54) is 18.6 Å². The van der Waals surface area contributed by atoms with Gasteiger partial charge in [-0.05, 0) is 102 Å². The number of carbonyl (C=O) groups is 3. The standard InChI is InChI=1S/C34H51FN4O3/c1-33(2,3)37-32(42)34(25-8-6-5-7-9-25)16-18-39(19-17-34)31(41)28(21-23-10-13-26(35)14-11-23)36-30(40)27-20-24-12-15-29(27)38(4)22-24/h10-11,13-14,24-25,27-29H,5-9,12,15-22H2,1-4H3,(H,36,40)(H,37,42)/t24-,27+,28+,29-/m0/s1. The Morgan fingerprint density at radius 2 is 1.67 bits per heavy atom. The first-order valence-corrected chi connectivity index (χ1v) is 16.3. The second-order valence-electron chi connectivity index (χ2n) is 14.7. The van der Waals surface area contributed by atoms with Crippen LogP contribution in [0.15, 0.2) is 24.3 Å². The summed E-state index contributed by atoms with van der Waals surface area (Å²) in [5, 5.41) is 6.44. The first-order chi connectivity index (χ1) is 19.9. The molecule has 3 heterocycles. The Hall–Kier alpha value is -2.48. The van der Waals surface area contributed by atoms with Gasteiger partial charge in [0.15, 0.2) is 0 Å². The molecule has 3 amide bonds. The number of fused-ring (bicyclic) bond motifs is 3. The lowest BCUT2D eigenvalue weighted by Gasteiger charge is -2.48. The van der Waals surface area contributed by atoms with E-state index in [9.17, 15) is 18.8 Å². The third-order valence-corrected chi connectivity index (χ3v) is 10.6. The topological polar surface area (TPSA) is 81.8 Å². The molecule has 5 aliphatic rings. The lowest BCUT2D eigenvalue weighted by atomic mass is 9.63. The van der Waals surface area contributed by atoms with Crippen LogP contribution < -0.4 is 10.6 Å². The van der Waals surface area contributed by atoms with Gasteiger partial charge in [-0.25, -0.2) is 4.39 Å². The highest BCUT2D eigenvalue weighted by molar-refractivity contribution is 5.90. The molecular weight excluding hydrogens is 531 g/mol. The fourth-order valence-electron chi connectivity index (χ4n) is 8.38. The van der Waals surface area contributed by atoms with Gasteiger partial charge in [-0.3, -0.25) is 14.4 Å². The maximum atomic E-state index is 14.1. The van der Waals surface area contributed by atoms with E-state index in [2.05, 4.69) is 22.6 Å². The van der Waals surface area contributed by atoms with Gasteiger partial charge < -0.3 is 20.4 Å². The number of amides is 3. The number of nitrogens with zero attached hydrogens (tertiary/aromatic N) is 2. The molecule has 0 aromatic heterocycles. The number of piperidine rings is 3. The van der Waals surface area contributed by atoms with Crippen LogP contribution in [-0.2, 0) is 20.8 Å². The molecule has 2 aliphatic carbocycles. The number of rotatable bonds is 7. The summed E-state index contributed by atoms with van der Waals surface area (Å²) in [6.45, 7) is 8.11. The van der Waals surface area contributed by atoms with Gasteiger partial charge in [-0.2, -0.15) is 0 Å². The highest BCUT2D eigenvalue weighted by atomic mass is 19.1. The van der Waals surface area contributed by atoms with E-state index in [-0.39, 0.29) is 41.0 Å². The molecule has 1 aromatic rings. The number of nitrogens with one attached hydrogen (secondary N) is 2. The van der Waals surface area contributed by atoms with Crippen LogP contribution in [0.5, 0.6) is 0 Å². The van der Waals surface area contributed by atoms with E-state index in [1.807, 2.05) is 25.7 Å². The highest BCUT2D eigenvalue weighted by Crippen LogP contribution is 2.46. The summed E-state index contributed by atoms with van der Waals surface area (Å²) in [6.07, 6.45) is 10.3. The zero-order chi connectivity index (χ0) is 30.1. The van der Waals surface area contributed by atoms with Crippen LogP contribution in [0.3, 0.4) is 0 Å². The molecule has 3 aliphatic heterocycles. The number of likely N-dealkylation sites (tertiary alicyclic amines) is 1. The second kappa shape index (κ2) is 12.6. The predicted octanol–water partition coefficient (Wildman–Crippen LogP) is 4.69. The molecule has 5 fully saturated rings. The van der Waals surface area contributed by atoms with Gasteiger partial charge in [0.2, 0.25) is 17.7 Å². The zero-order valence-electron chi connectivity index (χ0n) is 26.1. The van der Waals surface area contributed by atoms with Crippen LogP contribution in [-0.4, -0.2) is 71.8 Å². The summed E-state index contributed by atoms with van der Waals surface area (Å²) >= 11 is 0. The van der Waals surface area contributed by atoms with E-state index in [4.69, 9.17) is 0 Å². The summed E-state index contributed by atoms with van der Waals surface area (Å²) in [6, 6.07) is 5.68.